The number of aliphatic carboxylic acids is 1. The van der Waals surface area contributed by atoms with Crippen LogP contribution >= 0.6 is 11.6 Å². The third-order valence-corrected chi connectivity index (χ3v) is 7.34. The number of fused-ring (bicyclic) bond motifs is 2. The Morgan fingerprint density at radius 2 is 1.85 bits per heavy atom. The van der Waals surface area contributed by atoms with Gasteiger partial charge in [0, 0.05) is 32.7 Å². The summed E-state index contributed by atoms with van der Waals surface area (Å²) in [7, 11) is -1.58. The number of aromatic nitrogens is 1. The van der Waals surface area contributed by atoms with Crippen molar-refractivity contribution in [1.29, 1.82) is 0 Å². The van der Waals surface area contributed by atoms with E-state index in [0.29, 0.717) is 26.9 Å². The molecule has 0 amide bonds. The number of hydrazone groups is 1. The Kier molecular flexibility index (Phi) is 5.71. The largest absolute Gasteiger partial charge is 0.480 e. The molecular formula is C25H19ClFN3O3S. The summed E-state index contributed by atoms with van der Waals surface area (Å²) in [5.41, 5.74) is 4.19. The smallest absolute Gasteiger partial charge is 0.323 e. The average molecular weight is 496 g/mol. The van der Waals surface area contributed by atoms with Gasteiger partial charge in [-0.2, -0.15) is 5.10 Å². The van der Waals surface area contributed by atoms with Gasteiger partial charge in [-0.1, -0.05) is 41.9 Å². The van der Waals surface area contributed by atoms with E-state index in [2.05, 4.69) is 0 Å². The second-order valence-corrected chi connectivity index (χ2v) is 9.73. The van der Waals surface area contributed by atoms with Crippen LogP contribution in [-0.2, 0) is 28.9 Å². The van der Waals surface area contributed by atoms with Crippen LogP contribution in [0.15, 0.2) is 76.7 Å². The molecule has 2 heterocycles. The summed E-state index contributed by atoms with van der Waals surface area (Å²) in [6, 6.07) is 18.6. The fraction of sp³-hybridized carbons (Fsp3) is 0.120. The second-order valence-electron chi connectivity index (χ2n) is 7.93. The number of benzene rings is 3. The van der Waals surface area contributed by atoms with E-state index in [9.17, 15) is 18.5 Å². The zero-order valence-electron chi connectivity index (χ0n) is 18.0. The highest BCUT2D eigenvalue weighted by Crippen LogP contribution is 2.35. The maximum atomic E-state index is 13.4. The van der Waals surface area contributed by atoms with E-state index in [4.69, 9.17) is 16.7 Å². The van der Waals surface area contributed by atoms with Gasteiger partial charge in [0.15, 0.2) is 11.0 Å². The second kappa shape index (κ2) is 8.70. The van der Waals surface area contributed by atoms with Crippen molar-refractivity contribution in [2.24, 2.45) is 5.10 Å². The highest BCUT2D eigenvalue weighted by Gasteiger charge is 2.30. The van der Waals surface area contributed by atoms with E-state index in [1.165, 1.54) is 16.5 Å². The molecule has 9 heteroatoms. The van der Waals surface area contributed by atoms with E-state index in [-0.39, 0.29) is 18.9 Å². The first-order valence-electron chi connectivity index (χ1n) is 10.5. The number of nitrogens with zero attached hydrogens (tertiary/aromatic N) is 3. The van der Waals surface area contributed by atoms with Crippen LogP contribution in [0.3, 0.4) is 0 Å². The lowest BCUT2D eigenvalue weighted by atomic mass is 9.99. The Bertz CT molecular complexity index is 1500. The van der Waals surface area contributed by atoms with Crippen molar-refractivity contribution in [3.05, 3.63) is 100.0 Å². The normalized spacial score (nSPS) is 15.3. The van der Waals surface area contributed by atoms with Crippen molar-refractivity contribution in [3.8, 4) is 0 Å². The first kappa shape index (κ1) is 22.3. The van der Waals surface area contributed by atoms with E-state index in [1.807, 2.05) is 25.1 Å². The third kappa shape index (κ3) is 3.89. The van der Waals surface area contributed by atoms with Crippen LogP contribution in [0.1, 0.15) is 22.4 Å². The molecule has 1 aromatic heterocycles. The third-order valence-electron chi connectivity index (χ3n) is 5.78. The summed E-state index contributed by atoms with van der Waals surface area (Å²) in [6.45, 7) is 1.83. The van der Waals surface area contributed by atoms with Gasteiger partial charge in [0.25, 0.3) is 0 Å². The van der Waals surface area contributed by atoms with Crippen LogP contribution in [0.25, 0.3) is 10.9 Å². The van der Waals surface area contributed by atoms with Crippen molar-refractivity contribution in [2.45, 2.75) is 24.9 Å². The van der Waals surface area contributed by atoms with E-state index < -0.39 is 17.0 Å². The van der Waals surface area contributed by atoms with Gasteiger partial charge in [-0.05, 0) is 48.9 Å². The van der Waals surface area contributed by atoms with Crippen LogP contribution in [0.4, 0.5) is 4.39 Å². The Labute approximate surface area is 202 Å². The number of halogens is 2. The van der Waals surface area contributed by atoms with Gasteiger partial charge in [0.2, 0.25) is 0 Å². The molecule has 3 aromatic carbocycles. The lowest BCUT2D eigenvalue weighted by molar-refractivity contribution is -0.137. The summed E-state index contributed by atoms with van der Waals surface area (Å²) in [4.78, 5) is 12.2. The molecular weight excluding hydrogens is 477 g/mol. The molecule has 0 spiro atoms. The molecule has 0 bridgehead atoms. The Balaban J connectivity index is 1.73. The summed E-state index contributed by atoms with van der Waals surface area (Å²) >= 11 is 6.31. The highest BCUT2D eigenvalue weighted by atomic mass is 35.5. The van der Waals surface area contributed by atoms with Crippen molar-refractivity contribution in [1.82, 2.24) is 8.98 Å². The minimum atomic E-state index is -1.58. The predicted octanol–water partition coefficient (Wildman–Crippen LogP) is 5.12. The van der Waals surface area contributed by atoms with Crippen LogP contribution < -0.4 is 0 Å². The maximum absolute atomic E-state index is 13.4. The van der Waals surface area contributed by atoms with Gasteiger partial charge in [0.05, 0.1) is 11.4 Å². The molecule has 0 aliphatic carbocycles. The molecule has 0 fully saturated rings. The van der Waals surface area contributed by atoms with Crippen LogP contribution in [-0.4, -0.2) is 30.0 Å². The molecule has 4 aromatic rings. The Morgan fingerprint density at radius 1 is 1.12 bits per heavy atom. The van der Waals surface area contributed by atoms with Crippen molar-refractivity contribution in [3.63, 3.8) is 0 Å². The first-order valence-corrected chi connectivity index (χ1v) is 11.9. The molecule has 1 aliphatic rings. The van der Waals surface area contributed by atoms with Crippen LogP contribution in [0, 0.1) is 12.7 Å². The van der Waals surface area contributed by atoms with Crippen molar-refractivity contribution < 1.29 is 18.5 Å². The Morgan fingerprint density at radius 3 is 2.59 bits per heavy atom. The Hall–Kier alpha value is -3.49. The number of carboxylic acids is 1. The summed E-state index contributed by atoms with van der Waals surface area (Å²) in [5.74, 6) is -1.32. The van der Waals surface area contributed by atoms with Gasteiger partial charge in [0.1, 0.15) is 18.1 Å². The van der Waals surface area contributed by atoms with E-state index >= 15 is 0 Å². The van der Waals surface area contributed by atoms with Crippen LogP contribution in [0.5, 0.6) is 0 Å². The molecule has 1 N–H and O–H groups in total. The monoisotopic (exact) mass is 495 g/mol. The van der Waals surface area contributed by atoms with Gasteiger partial charge >= 0.3 is 5.97 Å². The van der Waals surface area contributed by atoms with Crippen molar-refractivity contribution >= 4 is 45.2 Å². The molecule has 34 heavy (non-hydrogen) atoms. The van der Waals surface area contributed by atoms with Crippen LogP contribution in [0.2, 0.25) is 5.02 Å². The minimum absolute atomic E-state index is 0.207. The average Bonchev–Trinajstić information content (AvgIpc) is 3.07. The zero-order valence-corrected chi connectivity index (χ0v) is 19.6. The molecule has 5 rings (SSSR count). The number of carboxylic acid groups (broad SMARTS) is 1. The van der Waals surface area contributed by atoms with Gasteiger partial charge in [-0.3, -0.25) is 4.79 Å². The minimum Gasteiger partial charge on any atom is -0.480 e. The molecule has 1 aliphatic heterocycles. The number of rotatable bonds is 5. The fourth-order valence-corrected chi connectivity index (χ4v) is 5.62. The summed E-state index contributed by atoms with van der Waals surface area (Å²) in [6.07, 6.45) is 0. The highest BCUT2D eigenvalue weighted by molar-refractivity contribution is 7.82. The molecule has 0 radical (unpaired) electrons. The standard InChI is InChI=1S/C25H19ClFN3O3S/c1-15-24(20-12-17(26)8-11-21(20)29(15)14-23(31)32)25-19-4-2-3-5-22(19)34(33)30(28-25)13-16-6-9-18(27)10-7-16/h2-12H,13-14H2,1H3,(H,31,32). The number of hydrogen-bond donors (Lipinski definition) is 1. The molecule has 0 saturated carbocycles. The zero-order chi connectivity index (χ0) is 24.0. The predicted molar refractivity (Wildman–Crippen MR) is 130 cm³/mol. The van der Waals surface area contributed by atoms with E-state index in [1.54, 1.807) is 41.0 Å². The fourth-order valence-electron chi connectivity index (χ4n) is 4.25. The number of hydrogen-bond acceptors (Lipinski definition) is 3. The maximum Gasteiger partial charge on any atom is 0.323 e. The topological polar surface area (TPSA) is 74.9 Å². The molecule has 172 valence electrons. The molecule has 6 nitrogen and oxygen atoms in total. The SMILES string of the molecule is Cc1c(C2=NN(Cc3ccc(F)cc3)S(=O)c3ccccc32)c2cc(Cl)ccc2n1CC(=O)O. The molecule has 1 atom stereocenters. The molecule has 0 saturated heterocycles. The summed E-state index contributed by atoms with van der Waals surface area (Å²) in [5, 5.41) is 15.5. The summed E-state index contributed by atoms with van der Waals surface area (Å²) < 4.78 is 29.9. The van der Waals surface area contributed by atoms with Gasteiger partial charge in [-0.15, -0.1) is 0 Å². The quantitative estimate of drug-likeness (QED) is 0.417. The molecule has 1 unspecified atom stereocenters. The first-order chi connectivity index (χ1) is 16.3. The number of carbonyl (C=O) groups is 1. The lowest BCUT2D eigenvalue weighted by Gasteiger charge is -2.26. The van der Waals surface area contributed by atoms with E-state index in [0.717, 1.165) is 22.0 Å². The van der Waals surface area contributed by atoms with Gasteiger partial charge < -0.3 is 9.67 Å². The van der Waals surface area contributed by atoms with Gasteiger partial charge in [-0.25, -0.2) is 13.0 Å². The lowest BCUT2D eigenvalue weighted by Crippen LogP contribution is -2.29. The van der Waals surface area contributed by atoms with Crippen molar-refractivity contribution in [2.75, 3.05) is 0 Å².